The SMILES string of the molecule is O=C1NC(c2ccccc2[N+](=O)[O-])CO1. The molecule has 1 fully saturated rings. The van der Waals surface area contributed by atoms with Crippen molar-refractivity contribution in [1.29, 1.82) is 0 Å². The fourth-order valence-corrected chi connectivity index (χ4v) is 1.50. The quantitative estimate of drug-likeness (QED) is 0.587. The molecule has 6 nitrogen and oxygen atoms in total. The summed E-state index contributed by atoms with van der Waals surface area (Å²) in [6, 6.07) is 5.85. The van der Waals surface area contributed by atoms with E-state index in [2.05, 4.69) is 10.1 Å². The zero-order valence-corrected chi connectivity index (χ0v) is 7.67. The molecule has 1 aliphatic rings. The van der Waals surface area contributed by atoms with Crippen molar-refractivity contribution in [1.82, 2.24) is 5.32 Å². The second kappa shape index (κ2) is 3.56. The summed E-state index contributed by atoms with van der Waals surface area (Å²) in [5, 5.41) is 13.2. The lowest BCUT2D eigenvalue weighted by molar-refractivity contribution is -0.385. The average molecular weight is 208 g/mol. The second-order valence-electron chi connectivity index (χ2n) is 3.11. The molecule has 2 rings (SSSR count). The van der Waals surface area contributed by atoms with E-state index in [1.54, 1.807) is 18.2 Å². The highest BCUT2D eigenvalue weighted by Crippen LogP contribution is 2.26. The largest absolute Gasteiger partial charge is 0.447 e. The van der Waals surface area contributed by atoms with Gasteiger partial charge in [-0.3, -0.25) is 10.1 Å². The minimum atomic E-state index is -0.543. The third-order valence-electron chi connectivity index (χ3n) is 2.18. The molecule has 1 saturated heterocycles. The van der Waals surface area contributed by atoms with Crippen molar-refractivity contribution < 1.29 is 14.5 Å². The maximum atomic E-state index is 10.8. The topological polar surface area (TPSA) is 81.5 Å². The number of nitrogens with zero attached hydrogens (tertiary/aromatic N) is 1. The van der Waals surface area contributed by atoms with Gasteiger partial charge < -0.3 is 10.1 Å². The number of carbonyl (C=O) groups is 1. The first-order chi connectivity index (χ1) is 7.18. The van der Waals surface area contributed by atoms with Gasteiger partial charge in [-0.25, -0.2) is 4.79 Å². The number of nitrogens with one attached hydrogen (secondary N) is 1. The molecule has 1 heterocycles. The molecule has 1 atom stereocenters. The number of hydrogen-bond donors (Lipinski definition) is 1. The van der Waals surface area contributed by atoms with Crippen molar-refractivity contribution in [2.75, 3.05) is 6.61 Å². The zero-order chi connectivity index (χ0) is 10.8. The molecule has 0 saturated carbocycles. The number of carbonyl (C=O) groups excluding carboxylic acids is 1. The first-order valence-electron chi connectivity index (χ1n) is 4.35. The summed E-state index contributed by atoms with van der Waals surface area (Å²) in [4.78, 5) is 21.0. The van der Waals surface area contributed by atoms with Gasteiger partial charge >= 0.3 is 6.09 Å². The molecule has 6 heteroatoms. The average Bonchev–Trinajstić information content (AvgIpc) is 2.65. The molecule has 78 valence electrons. The van der Waals surface area contributed by atoms with Crippen molar-refractivity contribution in [3.05, 3.63) is 39.9 Å². The van der Waals surface area contributed by atoms with Crippen LogP contribution in [0.5, 0.6) is 0 Å². The van der Waals surface area contributed by atoms with Crippen LogP contribution in [0.4, 0.5) is 10.5 Å². The van der Waals surface area contributed by atoms with E-state index in [0.29, 0.717) is 5.56 Å². The van der Waals surface area contributed by atoms with Crippen LogP contribution in [0.15, 0.2) is 24.3 Å². The van der Waals surface area contributed by atoms with Crippen LogP contribution in [0, 0.1) is 10.1 Å². The Morgan fingerprint density at radius 2 is 2.20 bits per heavy atom. The molecule has 0 radical (unpaired) electrons. The predicted octanol–water partition coefficient (Wildman–Crippen LogP) is 1.38. The summed E-state index contributed by atoms with van der Waals surface area (Å²) >= 11 is 0. The minimum Gasteiger partial charge on any atom is -0.447 e. The Labute approximate surface area is 85.0 Å². The van der Waals surface area contributed by atoms with Gasteiger partial charge in [-0.05, 0) is 6.07 Å². The van der Waals surface area contributed by atoms with Crippen LogP contribution in [0.2, 0.25) is 0 Å². The number of ether oxygens (including phenoxy) is 1. The van der Waals surface area contributed by atoms with Crippen molar-refractivity contribution >= 4 is 11.8 Å². The monoisotopic (exact) mass is 208 g/mol. The molecule has 0 bridgehead atoms. The smallest absolute Gasteiger partial charge is 0.407 e. The van der Waals surface area contributed by atoms with Crippen molar-refractivity contribution in [2.45, 2.75) is 6.04 Å². The first-order valence-corrected chi connectivity index (χ1v) is 4.35. The molecule has 0 aliphatic carbocycles. The summed E-state index contributed by atoms with van der Waals surface area (Å²) in [5.74, 6) is 0. The lowest BCUT2D eigenvalue weighted by Crippen LogP contribution is -2.19. The highest BCUT2D eigenvalue weighted by Gasteiger charge is 2.29. The fourth-order valence-electron chi connectivity index (χ4n) is 1.50. The number of nitro groups is 1. The van der Waals surface area contributed by atoms with Gasteiger partial charge in [0.25, 0.3) is 5.69 Å². The molecule has 1 N–H and O–H groups in total. The Bertz CT molecular complexity index is 418. The molecular formula is C9H8N2O4. The van der Waals surface area contributed by atoms with Crippen molar-refractivity contribution in [3.63, 3.8) is 0 Å². The third-order valence-corrected chi connectivity index (χ3v) is 2.18. The Balaban J connectivity index is 2.35. The zero-order valence-electron chi connectivity index (χ0n) is 7.67. The Hall–Kier alpha value is -2.11. The lowest BCUT2D eigenvalue weighted by atomic mass is 10.1. The summed E-state index contributed by atoms with van der Waals surface area (Å²) < 4.78 is 4.68. The molecule has 1 amide bonds. The molecule has 1 aromatic carbocycles. The van der Waals surface area contributed by atoms with E-state index in [-0.39, 0.29) is 12.3 Å². The normalized spacial score (nSPS) is 19.5. The van der Waals surface area contributed by atoms with E-state index in [9.17, 15) is 14.9 Å². The van der Waals surface area contributed by atoms with Crippen LogP contribution in [0.3, 0.4) is 0 Å². The van der Waals surface area contributed by atoms with Gasteiger partial charge in [0, 0.05) is 6.07 Å². The van der Waals surface area contributed by atoms with E-state index in [0.717, 1.165) is 0 Å². The number of nitro benzene ring substituents is 1. The lowest BCUT2D eigenvalue weighted by Gasteiger charge is -2.07. The van der Waals surface area contributed by atoms with Gasteiger partial charge in [0.15, 0.2) is 0 Å². The van der Waals surface area contributed by atoms with Gasteiger partial charge in [-0.2, -0.15) is 0 Å². The first kappa shape index (κ1) is 9.45. The number of benzene rings is 1. The number of hydrogen-bond acceptors (Lipinski definition) is 4. The van der Waals surface area contributed by atoms with E-state index >= 15 is 0 Å². The van der Waals surface area contributed by atoms with Crippen LogP contribution in [-0.2, 0) is 4.74 Å². The number of cyclic esters (lactones) is 1. The van der Waals surface area contributed by atoms with Gasteiger partial charge in [0.1, 0.15) is 6.61 Å². The van der Waals surface area contributed by atoms with Gasteiger partial charge in [0.05, 0.1) is 16.5 Å². The van der Waals surface area contributed by atoms with Gasteiger partial charge in [-0.1, -0.05) is 12.1 Å². The van der Waals surface area contributed by atoms with Gasteiger partial charge in [-0.15, -0.1) is 0 Å². The second-order valence-corrected chi connectivity index (χ2v) is 3.11. The van der Waals surface area contributed by atoms with Crippen molar-refractivity contribution in [2.24, 2.45) is 0 Å². The third kappa shape index (κ3) is 1.74. The standard InChI is InChI=1S/C9H8N2O4/c12-9-10-7(5-15-9)6-3-1-2-4-8(6)11(13)14/h1-4,7H,5H2,(H,10,12). The summed E-state index contributed by atoms with van der Waals surface area (Å²) in [6.07, 6.45) is -0.543. The molecule has 1 aromatic rings. The molecule has 0 spiro atoms. The molecular weight excluding hydrogens is 200 g/mol. The highest BCUT2D eigenvalue weighted by atomic mass is 16.6. The summed E-state index contributed by atoms with van der Waals surface area (Å²) in [7, 11) is 0. The summed E-state index contributed by atoms with van der Waals surface area (Å²) in [5.41, 5.74) is 0.460. The van der Waals surface area contributed by atoms with E-state index < -0.39 is 17.1 Å². The van der Waals surface area contributed by atoms with Crippen LogP contribution in [-0.4, -0.2) is 17.6 Å². The van der Waals surface area contributed by atoms with Crippen LogP contribution >= 0.6 is 0 Å². The maximum absolute atomic E-state index is 10.8. The fraction of sp³-hybridized carbons (Fsp3) is 0.222. The molecule has 1 unspecified atom stereocenters. The minimum absolute atomic E-state index is 0.00620. The Morgan fingerprint density at radius 3 is 2.80 bits per heavy atom. The highest BCUT2D eigenvalue weighted by molar-refractivity contribution is 5.70. The number of alkyl carbamates (subject to hydrolysis) is 1. The van der Waals surface area contributed by atoms with E-state index in [4.69, 9.17) is 0 Å². The van der Waals surface area contributed by atoms with Gasteiger partial charge in [0.2, 0.25) is 0 Å². The van der Waals surface area contributed by atoms with Crippen LogP contribution < -0.4 is 5.32 Å². The Morgan fingerprint density at radius 1 is 1.47 bits per heavy atom. The Kier molecular flexibility index (Phi) is 2.24. The number of rotatable bonds is 2. The predicted molar refractivity (Wildman–Crippen MR) is 50.3 cm³/mol. The van der Waals surface area contributed by atoms with E-state index in [1.165, 1.54) is 6.07 Å². The summed E-state index contributed by atoms with van der Waals surface area (Å²) in [6.45, 7) is 0.129. The van der Waals surface area contributed by atoms with E-state index in [1.807, 2.05) is 0 Å². The molecule has 1 aliphatic heterocycles. The van der Waals surface area contributed by atoms with Crippen LogP contribution in [0.25, 0.3) is 0 Å². The number of amides is 1. The molecule has 15 heavy (non-hydrogen) atoms. The van der Waals surface area contributed by atoms with Crippen molar-refractivity contribution in [3.8, 4) is 0 Å². The van der Waals surface area contributed by atoms with Crippen LogP contribution in [0.1, 0.15) is 11.6 Å². The maximum Gasteiger partial charge on any atom is 0.407 e. The number of para-hydroxylation sites is 1. The molecule has 0 aromatic heterocycles.